The van der Waals surface area contributed by atoms with Crippen molar-refractivity contribution in [3.05, 3.63) is 107 Å². The molecule has 5 aromatic rings. The van der Waals surface area contributed by atoms with Crippen LogP contribution < -0.4 is 30.3 Å². The van der Waals surface area contributed by atoms with Crippen LogP contribution in [0.25, 0.3) is 10.4 Å². The summed E-state index contributed by atoms with van der Waals surface area (Å²) < 4.78 is 78.1. The second kappa shape index (κ2) is 22.0. The van der Waals surface area contributed by atoms with Gasteiger partial charge >= 0.3 is 6.18 Å². The molecule has 366 valence electrons. The number of aromatic nitrogens is 3. The zero-order valence-electron chi connectivity index (χ0n) is 38.4. The van der Waals surface area contributed by atoms with Gasteiger partial charge in [0.15, 0.2) is 0 Å². The fraction of sp³-hybridized carbons (Fsp3) is 0.413. The van der Waals surface area contributed by atoms with Gasteiger partial charge in [-0.05, 0) is 65.4 Å². The van der Waals surface area contributed by atoms with Gasteiger partial charge in [-0.3, -0.25) is 19.2 Å². The van der Waals surface area contributed by atoms with E-state index in [0.29, 0.717) is 28.9 Å². The lowest BCUT2D eigenvalue weighted by Crippen LogP contribution is -2.59. The number of aliphatic hydroxyl groups excluding tert-OH is 2. The van der Waals surface area contributed by atoms with E-state index in [1.807, 2.05) is 52.0 Å². The summed E-state index contributed by atoms with van der Waals surface area (Å²) in [5.41, 5.74) is 4.16. The number of thiazole rings is 1. The third-order valence-electron chi connectivity index (χ3n) is 11.0. The first-order chi connectivity index (χ1) is 32.1. The highest BCUT2D eigenvalue weighted by Gasteiger charge is 2.44. The standard InChI is InChI=1S/C46H56F3N9O8S2/c1-28-39(67-27-53-28)31-12-10-29(11-13-31)22-51-42(61)37-21-34(59)25-58(37)43(62)40(45(2,3)4)55-38(60)26-65-18-19-66-35-16-14-32(15-17-35)54-44-52-24-36(46(47,48)49)41(56-44)50-23-30-8-7-9-33(20-30)57(5)68(6,63)64/h7-17,20,24,27,34,37-38,40,55,59-60H,18-19,21-23,25-26H2,1-6H3,(H,51,61)(H2,50,52,54,56)/t34-,37+,38?,40-/m1/s1. The van der Waals surface area contributed by atoms with E-state index in [1.54, 1.807) is 65.4 Å². The zero-order valence-corrected chi connectivity index (χ0v) is 40.0. The highest BCUT2D eigenvalue weighted by Crippen LogP contribution is 2.35. The normalized spacial score (nSPS) is 16.2. The molecule has 1 fully saturated rings. The highest BCUT2D eigenvalue weighted by molar-refractivity contribution is 7.92. The molecule has 1 aliphatic rings. The minimum absolute atomic E-state index is 0.0382. The number of halogens is 3. The first kappa shape index (κ1) is 51.5. The minimum Gasteiger partial charge on any atom is -0.491 e. The van der Waals surface area contributed by atoms with E-state index in [9.17, 15) is 41.4 Å². The molecule has 0 radical (unpaired) electrons. The summed E-state index contributed by atoms with van der Waals surface area (Å²) in [6.07, 6.45) is -5.14. The molecule has 1 aliphatic heterocycles. The number of aliphatic hydroxyl groups is 2. The number of benzene rings is 3. The summed E-state index contributed by atoms with van der Waals surface area (Å²) in [7, 11) is -2.18. The zero-order chi connectivity index (χ0) is 49.4. The minimum atomic E-state index is -4.76. The summed E-state index contributed by atoms with van der Waals surface area (Å²) in [4.78, 5) is 42.1. The number of hydrogen-bond donors (Lipinski definition) is 6. The number of ether oxygens (including phenoxy) is 2. The lowest BCUT2D eigenvalue weighted by atomic mass is 9.85. The van der Waals surface area contributed by atoms with Crippen LogP contribution in [0.4, 0.5) is 36.3 Å². The SMILES string of the molecule is Cc1ncsc1-c1ccc(CNC(=O)[C@@H]2C[C@@H](O)CN2C(=O)[C@@H](NC(O)COCCOc2ccc(Nc3ncc(C(F)(F)F)c(NCc4cccc(N(C)S(C)(=O)=O)c4)n3)cc2)C(C)(C)C)cc1. The van der Waals surface area contributed by atoms with E-state index in [0.717, 1.165) is 32.3 Å². The molecule has 0 spiro atoms. The van der Waals surface area contributed by atoms with Gasteiger partial charge in [-0.2, -0.15) is 18.2 Å². The second-order valence-corrected chi connectivity index (χ2v) is 20.2. The van der Waals surface area contributed by atoms with E-state index >= 15 is 0 Å². The lowest BCUT2D eigenvalue weighted by molar-refractivity contribution is -0.143. The number of rotatable bonds is 20. The number of alkyl halides is 3. The van der Waals surface area contributed by atoms with Crippen LogP contribution in [-0.2, 0) is 43.6 Å². The van der Waals surface area contributed by atoms with Gasteiger partial charge in [-0.25, -0.2) is 18.4 Å². The largest absolute Gasteiger partial charge is 0.491 e. The first-order valence-electron chi connectivity index (χ1n) is 21.5. The molecule has 2 aromatic heterocycles. The van der Waals surface area contributed by atoms with E-state index in [-0.39, 0.29) is 51.8 Å². The van der Waals surface area contributed by atoms with Gasteiger partial charge in [0.25, 0.3) is 0 Å². The van der Waals surface area contributed by atoms with Crippen LogP contribution in [0.2, 0.25) is 0 Å². The van der Waals surface area contributed by atoms with Gasteiger partial charge in [0.1, 0.15) is 36.0 Å². The summed E-state index contributed by atoms with van der Waals surface area (Å²) in [6, 6.07) is 18.8. The van der Waals surface area contributed by atoms with Gasteiger partial charge in [-0.1, -0.05) is 57.2 Å². The topological polar surface area (TPSA) is 220 Å². The second-order valence-electron chi connectivity index (χ2n) is 17.3. The molecule has 22 heteroatoms. The molecule has 6 N–H and O–H groups in total. The van der Waals surface area contributed by atoms with Crippen LogP contribution in [0.15, 0.2) is 84.5 Å². The number of anilines is 4. The molecule has 1 unspecified atom stereocenters. The number of hydrogen-bond acceptors (Lipinski definition) is 15. The number of amides is 2. The summed E-state index contributed by atoms with van der Waals surface area (Å²) in [5, 5.41) is 32.9. The van der Waals surface area contributed by atoms with Crippen LogP contribution in [0.5, 0.6) is 5.75 Å². The predicted molar refractivity (Wildman–Crippen MR) is 253 cm³/mol. The van der Waals surface area contributed by atoms with Crippen LogP contribution in [-0.4, -0.2) is 114 Å². The Labute approximate surface area is 397 Å². The number of nitrogens with one attached hydrogen (secondary N) is 4. The molecule has 3 aromatic carbocycles. The number of aryl methyl sites for hydroxylation is 1. The third kappa shape index (κ3) is 13.8. The van der Waals surface area contributed by atoms with Crippen molar-refractivity contribution < 1.29 is 50.9 Å². The maximum atomic E-state index is 14.0. The molecule has 6 rings (SSSR count). The van der Waals surface area contributed by atoms with E-state index in [2.05, 4.69) is 36.2 Å². The Kier molecular flexibility index (Phi) is 16.7. The molecule has 1 saturated heterocycles. The Morgan fingerprint density at radius 1 is 1.00 bits per heavy atom. The molecular weight excluding hydrogens is 928 g/mol. The average Bonchev–Trinajstić information content (AvgIpc) is 3.90. The van der Waals surface area contributed by atoms with Crippen molar-refractivity contribution in [2.45, 2.75) is 77.8 Å². The number of likely N-dealkylation sites (tertiary alicyclic amines) is 1. The van der Waals surface area contributed by atoms with Crippen LogP contribution in [0.1, 0.15) is 49.6 Å². The Morgan fingerprint density at radius 3 is 2.37 bits per heavy atom. The van der Waals surface area contributed by atoms with Gasteiger partial charge in [0.05, 0.1) is 53.4 Å². The number of carbonyl (C=O) groups is 2. The Hall–Kier alpha value is -5.91. The molecule has 68 heavy (non-hydrogen) atoms. The van der Waals surface area contributed by atoms with Crippen LogP contribution in [0, 0.1) is 12.3 Å². The van der Waals surface area contributed by atoms with Crippen molar-refractivity contribution >= 4 is 56.3 Å². The molecule has 17 nitrogen and oxygen atoms in total. The lowest BCUT2D eigenvalue weighted by Gasteiger charge is -2.36. The maximum absolute atomic E-state index is 14.0. The summed E-state index contributed by atoms with van der Waals surface area (Å²) >= 11 is 1.55. The van der Waals surface area contributed by atoms with Crippen molar-refractivity contribution in [3.8, 4) is 16.2 Å². The Morgan fingerprint density at radius 2 is 1.72 bits per heavy atom. The fourth-order valence-corrected chi connectivity index (χ4v) is 8.57. The summed E-state index contributed by atoms with van der Waals surface area (Å²) in [6.45, 7) is 7.48. The Bertz CT molecular complexity index is 2610. The number of β-amino-alcohol motifs (C(OH)–C–C–N with tert-alkyl or cyclic N) is 1. The highest BCUT2D eigenvalue weighted by atomic mass is 32.2. The quantitative estimate of drug-likeness (QED) is 0.0409. The third-order valence-corrected chi connectivity index (χ3v) is 13.2. The number of nitrogens with zero attached hydrogens (tertiary/aromatic N) is 5. The van der Waals surface area contributed by atoms with Crippen molar-refractivity contribution in [3.63, 3.8) is 0 Å². The number of sulfonamides is 1. The van der Waals surface area contributed by atoms with E-state index in [1.165, 1.54) is 11.9 Å². The van der Waals surface area contributed by atoms with Crippen molar-refractivity contribution in [2.24, 2.45) is 5.41 Å². The fourth-order valence-electron chi connectivity index (χ4n) is 7.26. The molecule has 3 heterocycles. The number of carbonyl (C=O) groups excluding carboxylic acids is 2. The predicted octanol–water partition coefficient (Wildman–Crippen LogP) is 5.68. The van der Waals surface area contributed by atoms with Crippen molar-refractivity contribution in [1.82, 2.24) is 30.5 Å². The Balaban J connectivity index is 0.960. The molecule has 2 amide bonds. The molecule has 0 bridgehead atoms. The van der Waals surface area contributed by atoms with Gasteiger partial charge in [0.2, 0.25) is 27.8 Å². The van der Waals surface area contributed by atoms with Gasteiger partial charge in [0, 0.05) is 45.0 Å². The molecule has 0 saturated carbocycles. The molecule has 0 aliphatic carbocycles. The van der Waals surface area contributed by atoms with Gasteiger partial charge in [-0.15, -0.1) is 11.3 Å². The van der Waals surface area contributed by atoms with Crippen molar-refractivity contribution in [2.75, 3.05) is 54.6 Å². The van der Waals surface area contributed by atoms with Crippen LogP contribution >= 0.6 is 11.3 Å². The maximum Gasteiger partial charge on any atom is 0.421 e. The van der Waals surface area contributed by atoms with Crippen LogP contribution in [0.3, 0.4) is 0 Å². The smallest absolute Gasteiger partial charge is 0.421 e. The molecular formula is C46H56F3N9O8S2. The summed E-state index contributed by atoms with van der Waals surface area (Å²) in [5.74, 6) is -0.984. The first-order valence-corrected chi connectivity index (χ1v) is 24.3. The van der Waals surface area contributed by atoms with Gasteiger partial charge < -0.3 is 40.5 Å². The van der Waals surface area contributed by atoms with E-state index in [4.69, 9.17) is 9.47 Å². The average molecular weight is 984 g/mol. The van der Waals surface area contributed by atoms with Crippen molar-refractivity contribution in [1.29, 1.82) is 0 Å². The monoisotopic (exact) mass is 983 g/mol. The van der Waals surface area contributed by atoms with E-state index < -0.39 is 69.2 Å². The molecule has 4 atom stereocenters.